The van der Waals surface area contributed by atoms with Crippen LogP contribution in [0.3, 0.4) is 0 Å². The summed E-state index contributed by atoms with van der Waals surface area (Å²) in [5.74, 6) is -0.522. The number of carbonyl (C=O) groups excluding carboxylic acids is 2. The lowest BCUT2D eigenvalue weighted by Crippen LogP contribution is -2.43. The van der Waals surface area contributed by atoms with Gasteiger partial charge in [0.15, 0.2) is 0 Å². The lowest BCUT2D eigenvalue weighted by atomic mass is 9.88. The van der Waals surface area contributed by atoms with Crippen molar-refractivity contribution in [3.05, 3.63) is 35.9 Å². The summed E-state index contributed by atoms with van der Waals surface area (Å²) in [6, 6.07) is 8.97. The molecule has 1 aromatic rings. The number of ether oxygens (including phenoxy) is 2. The van der Waals surface area contributed by atoms with Crippen LogP contribution in [0.15, 0.2) is 30.3 Å². The van der Waals surface area contributed by atoms with Crippen molar-refractivity contribution in [1.82, 2.24) is 0 Å². The van der Waals surface area contributed by atoms with Crippen LogP contribution in [0.25, 0.3) is 0 Å². The summed E-state index contributed by atoms with van der Waals surface area (Å²) >= 11 is 0. The molecule has 1 fully saturated rings. The molecule has 1 heterocycles. The average molecular weight is 389 g/mol. The predicted octanol–water partition coefficient (Wildman–Crippen LogP) is 6.23. The van der Waals surface area contributed by atoms with E-state index in [4.69, 9.17) is 9.47 Å². The minimum atomic E-state index is -0.638. The molecule has 0 saturated carbocycles. The van der Waals surface area contributed by atoms with Crippen LogP contribution in [0.4, 0.5) is 0 Å². The zero-order valence-electron chi connectivity index (χ0n) is 17.4. The predicted molar refractivity (Wildman–Crippen MR) is 111 cm³/mol. The Labute approximate surface area is 170 Å². The lowest BCUT2D eigenvalue weighted by Gasteiger charge is -2.36. The molecule has 0 aromatic heterocycles. The van der Waals surface area contributed by atoms with Crippen molar-refractivity contribution in [2.75, 3.05) is 6.61 Å². The van der Waals surface area contributed by atoms with Gasteiger partial charge in [0, 0.05) is 6.42 Å². The van der Waals surface area contributed by atoms with Gasteiger partial charge in [0.05, 0.1) is 5.56 Å². The summed E-state index contributed by atoms with van der Waals surface area (Å²) < 4.78 is 11.3. The summed E-state index contributed by atoms with van der Waals surface area (Å²) in [7, 11) is 0. The normalized spacial score (nSPS) is 19.2. The Morgan fingerprint density at radius 1 is 1.00 bits per heavy atom. The van der Waals surface area contributed by atoms with E-state index in [1.807, 2.05) is 18.2 Å². The zero-order chi connectivity index (χ0) is 20.1. The number of rotatable bonds is 13. The van der Waals surface area contributed by atoms with Gasteiger partial charge in [-0.25, -0.2) is 4.79 Å². The van der Waals surface area contributed by atoms with Crippen molar-refractivity contribution in [3.63, 3.8) is 0 Å². The molecule has 0 bridgehead atoms. The van der Waals surface area contributed by atoms with Gasteiger partial charge in [0.2, 0.25) is 0 Å². The molecule has 1 aromatic carbocycles. The van der Waals surface area contributed by atoms with Gasteiger partial charge in [0.25, 0.3) is 0 Å². The number of carbonyl (C=O) groups is 2. The maximum atomic E-state index is 12.3. The molecule has 0 aliphatic carbocycles. The van der Waals surface area contributed by atoms with E-state index in [0.717, 1.165) is 32.1 Å². The van der Waals surface area contributed by atoms with Crippen molar-refractivity contribution in [3.8, 4) is 0 Å². The van der Waals surface area contributed by atoms with Crippen LogP contribution in [-0.4, -0.2) is 24.1 Å². The quantitative estimate of drug-likeness (QED) is 0.297. The molecule has 1 unspecified atom stereocenters. The fraction of sp³-hybridized carbons (Fsp3) is 0.667. The first kappa shape index (κ1) is 22.4. The van der Waals surface area contributed by atoms with E-state index in [9.17, 15) is 9.59 Å². The largest absolute Gasteiger partial charge is 0.458 e. The molecule has 4 nitrogen and oxygen atoms in total. The SMILES string of the molecule is CCCCCCCCCCCC1(COC(=O)c2ccccc2)CCCC(=O)O1. The number of hydrogen-bond donors (Lipinski definition) is 0. The first-order valence-corrected chi connectivity index (χ1v) is 11.1. The van der Waals surface area contributed by atoms with Crippen molar-refractivity contribution in [2.24, 2.45) is 0 Å². The number of unbranched alkanes of at least 4 members (excludes halogenated alkanes) is 8. The Bertz CT molecular complexity index is 584. The third-order valence-corrected chi connectivity index (χ3v) is 5.56. The van der Waals surface area contributed by atoms with Gasteiger partial charge in [-0.2, -0.15) is 0 Å². The second-order valence-electron chi connectivity index (χ2n) is 8.03. The summed E-state index contributed by atoms with van der Waals surface area (Å²) in [5, 5.41) is 0. The van der Waals surface area contributed by atoms with Gasteiger partial charge in [-0.05, 0) is 37.8 Å². The van der Waals surface area contributed by atoms with Crippen LogP contribution in [0.2, 0.25) is 0 Å². The van der Waals surface area contributed by atoms with Crippen molar-refractivity contribution in [2.45, 2.75) is 96.0 Å². The molecule has 1 aliphatic heterocycles. The van der Waals surface area contributed by atoms with E-state index in [1.54, 1.807) is 12.1 Å². The van der Waals surface area contributed by atoms with Crippen LogP contribution in [0.5, 0.6) is 0 Å². The summed E-state index contributed by atoms with van der Waals surface area (Å²) in [6.07, 6.45) is 14.1. The molecule has 0 spiro atoms. The van der Waals surface area contributed by atoms with Gasteiger partial charge < -0.3 is 9.47 Å². The van der Waals surface area contributed by atoms with Crippen LogP contribution in [-0.2, 0) is 14.3 Å². The number of hydrogen-bond acceptors (Lipinski definition) is 4. The molecule has 1 saturated heterocycles. The average Bonchev–Trinajstić information content (AvgIpc) is 2.71. The molecule has 2 rings (SSSR count). The molecule has 0 N–H and O–H groups in total. The standard InChI is InChI=1S/C24H36O4/c1-2-3-4-5-6-7-8-9-13-18-24(19-14-17-22(25)28-24)20-27-23(26)21-15-11-10-12-16-21/h10-12,15-16H,2-9,13-14,17-20H2,1H3. The Morgan fingerprint density at radius 3 is 2.29 bits per heavy atom. The topological polar surface area (TPSA) is 52.6 Å². The fourth-order valence-corrected chi connectivity index (χ4v) is 3.86. The fourth-order valence-electron chi connectivity index (χ4n) is 3.86. The minimum absolute atomic E-state index is 0.156. The van der Waals surface area contributed by atoms with Gasteiger partial charge in [-0.1, -0.05) is 76.5 Å². The maximum Gasteiger partial charge on any atom is 0.338 e. The molecular weight excluding hydrogens is 352 g/mol. The van der Waals surface area contributed by atoms with Crippen molar-refractivity contribution in [1.29, 1.82) is 0 Å². The van der Waals surface area contributed by atoms with Crippen LogP contribution >= 0.6 is 0 Å². The van der Waals surface area contributed by atoms with E-state index < -0.39 is 5.60 Å². The summed E-state index contributed by atoms with van der Waals surface area (Å²) in [5.41, 5.74) is -0.108. The second kappa shape index (κ2) is 12.6. The smallest absolute Gasteiger partial charge is 0.338 e. The third-order valence-electron chi connectivity index (χ3n) is 5.56. The number of esters is 2. The van der Waals surface area contributed by atoms with Crippen LogP contribution in [0, 0.1) is 0 Å². The van der Waals surface area contributed by atoms with E-state index in [-0.39, 0.29) is 18.5 Å². The molecule has 0 radical (unpaired) electrons. The van der Waals surface area contributed by atoms with Crippen molar-refractivity contribution >= 4 is 11.9 Å². The summed E-state index contributed by atoms with van der Waals surface area (Å²) in [4.78, 5) is 24.2. The Kier molecular flexibility index (Phi) is 10.1. The molecule has 28 heavy (non-hydrogen) atoms. The zero-order valence-corrected chi connectivity index (χ0v) is 17.4. The highest BCUT2D eigenvalue weighted by Crippen LogP contribution is 2.32. The minimum Gasteiger partial charge on any atom is -0.458 e. The van der Waals surface area contributed by atoms with Crippen LogP contribution < -0.4 is 0 Å². The summed E-state index contributed by atoms with van der Waals surface area (Å²) in [6.45, 7) is 2.40. The van der Waals surface area contributed by atoms with Crippen LogP contribution in [0.1, 0.15) is 101 Å². The first-order chi connectivity index (χ1) is 13.7. The molecule has 1 atom stereocenters. The molecule has 0 amide bonds. The Balaban J connectivity index is 1.74. The highest BCUT2D eigenvalue weighted by molar-refractivity contribution is 5.89. The van der Waals surface area contributed by atoms with E-state index >= 15 is 0 Å². The molecule has 4 heteroatoms. The van der Waals surface area contributed by atoms with E-state index in [2.05, 4.69) is 6.92 Å². The molecular formula is C24H36O4. The molecule has 156 valence electrons. The highest BCUT2D eigenvalue weighted by atomic mass is 16.6. The van der Waals surface area contributed by atoms with Gasteiger partial charge >= 0.3 is 11.9 Å². The Hall–Kier alpha value is -1.84. The second-order valence-corrected chi connectivity index (χ2v) is 8.03. The Morgan fingerprint density at radius 2 is 1.64 bits per heavy atom. The first-order valence-electron chi connectivity index (χ1n) is 11.1. The van der Waals surface area contributed by atoms with E-state index in [1.165, 1.54) is 44.9 Å². The monoisotopic (exact) mass is 388 g/mol. The number of cyclic esters (lactones) is 1. The number of benzene rings is 1. The highest BCUT2D eigenvalue weighted by Gasteiger charge is 2.38. The maximum absolute atomic E-state index is 12.3. The van der Waals surface area contributed by atoms with Gasteiger partial charge in [-0.3, -0.25) is 4.79 Å². The van der Waals surface area contributed by atoms with E-state index in [0.29, 0.717) is 12.0 Å². The lowest BCUT2D eigenvalue weighted by molar-refractivity contribution is -0.174. The third kappa shape index (κ3) is 8.04. The molecule has 1 aliphatic rings. The van der Waals surface area contributed by atoms with Gasteiger partial charge in [0.1, 0.15) is 12.2 Å². The van der Waals surface area contributed by atoms with Crippen molar-refractivity contribution < 1.29 is 19.1 Å². The van der Waals surface area contributed by atoms with Gasteiger partial charge in [-0.15, -0.1) is 0 Å².